The number of morpholine rings is 1. The van der Waals surface area contributed by atoms with E-state index in [-0.39, 0.29) is 30.1 Å². The minimum atomic E-state index is -0.768. The molecule has 0 aromatic heterocycles. The molecule has 2 aliphatic rings. The predicted octanol–water partition coefficient (Wildman–Crippen LogP) is 1.69. The average molecular weight is 312 g/mol. The maximum absolute atomic E-state index is 12.1. The Balaban J connectivity index is 1.82. The molecule has 5 nitrogen and oxygen atoms in total. The van der Waals surface area contributed by atoms with E-state index in [1.807, 2.05) is 0 Å². The molecule has 1 saturated heterocycles. The van der Waals surface area contributed by atoms with Crippen molar-refractivity contribution in [2.24, 2.45) is 0 Å². The summed E-state index contributed by atoms with van der Waals surface area (Å²) in [5.74, 6) is -0.0353. The maximum atomic E-state index is 12.1. The van der Waals surface area contributed by atoms with Gasteiger partial charge in [-0.05, 0) is 40.5 Å². The molecule has 2 fully saturated rings. The molecule has 0 radical (unpaired) electrons. The highest BCUT2D eigenvalue weighted by Crippen LogP contribution is 2.32. The number of rotatable bonds is 5. The molecule has 1 saturated carbocycles. The van der Waals surface area contributed by atoms with E-state index in [1.165, 1.54) is 0 Å². The van der Waals surface area contributed by atoms with E-state index in [1.54, 1.807) is 0 Å². The first kappa shape index (κ1) is 17.7. The molecular weight excluding hydrogens is 280 g/mol. The number of hydrogen-bond acceptors (Lipinski definition) is 4. The maximum Gasteiger partial charge on any atom is 0.222 e. The first-order valence-corrected chi connectivity index (χ1v) is 8.60. The second-order valence-corrected chi connectivity index (χ2v) is 7.86. The fourth-order valence-electron chi connectivity index (χ4n) is 3.67. The van der Waals surface area contributed by atoms with Gasteiger partial charge in [0.1, 0.15) is 0 Å². The standard InChI is InChI=1S/C17H32N2O3/c1-13-10-19(11-14(2)22-13)16(3,4)12-18-15(20)9-17(21)7-5-6-8-17/h13-14,21H,5-12H2,1-4H3,(H,18,20). The molecule has 128 valence electrons. The van der Waals surface area contributed by atoms with Gasteiger partial charge in [-0.2, -0.15) is 0 Å². The summed E-state index contributed by atoms with van der Waals surface area (Å²) in [5, 5.41) is 13.3. The van der Waals surface area contributed by atoms with E-state index >= 15 is 0 Å². The van der Waals surface area contributed by atoms with Gasteiger partial charge in [-0.1, -0.05) is 12.8 Å². The molecule has 2 atom stereocenters. The van der Waals surface area contributed by atoms with Crippen molar-refractivity contribution in [2.75, 3.05) is 19.6 Å². The van der Waals surface area contributed by atoms with Crippen molar-refractivity contribution in [1.82, 2.24) is 10.2 Å². The lowest BCUT2D eigenvalue weighted by Gasteiger charge is -2.45. The Kier molecular flexibility index (Phi) is 5.51. The molecule has 1 heterocycles. The number of carbonyl (C=O) groups is 1. The van der Waals surface area contributed by atoms with Gasteiger partial charge in [-0.25, -0.2) is 0 Å². The van der Waals surface area contributed by atoms with Crippen molar-refractivity contribution >= 4 is 5.91 Å². The monoisotopic (exact) mass is 312 g/mol. The van der Waals surface area contributed by atoms with Crippen LogP contribution in [0.15, 0.2) is 0 Å². The number of amides is 1. The molecule has 1 aliphatic carbocycles. The van der Waals surface area contributed by atoms with Crippen LogP contribution in [0.4, 0.5) is 0 Å². The van der Waals surface area contributed by atoms with Gasteiger partial charge in [0.2, 0.25) is 5.91 Å². The van der Waals surface area contributed by atoms with Crippen LogP contribution in [0.1, 0.15) is 59.8 Å². The van der Waals surface area contributed by atoms with E-state index in [4.69, 9.17) is 4.74 Å². The zero-order valence-electron chi connectivity index (χ0n) is 14.5. The van der Waals surface area contributed by atoms with Crippen LogP contribution in [0.3, 0.4) is 0 Å². The first-order valence-electron chi connectivity index (χ1n) is 8.60. The first-order chi connectivity index (χ1) is 10.2. The Labute approximate surface area is 134 Å². The minimum Gasteiger partial charge on any atom is -0.389 e. The Hall–Kier alpha value is -0.650. The Morgan fingerprint density at radius 2 is 1.82 bits per heavy atom. The van der Waals surface area contributed by atoms with E-state index in [9.17, 15) is 9.90 Å². The number of aliphatic hydroxyl groups is 1. The molecule has 2 unspecified atom stereocenters. The smallest absolute Gasteiger partial charge is 0.222 e. The lowest BCUT2D eigenvalue weighted by molar-refractivity contribution is -0.127. The largest absolute Gasteiger partial charge is 0.389 e. The zero-order valence-corrected chi connectivity index (χ0v) is 14.5. The quantitative estimate of drug-likeness (QED) is 0.811. The van der Waals surface area contributed by atoms with Crippen LogP contribution >= 0.6 is 0 Å². The van der Waals surface area contributed by atoms with Gasteiger partial charge in [0.15, 0.2) is 0 Å². The van der Waals surface area contributed by atoms with Gasteiger partial charge in [-0.15, -0.1) is 0 Å². The third kappa shape index (κ3) is 4.67. The average Bonchev–Trinajstić information content (AvgIpc) is 2.82. The summed E-state index contributed by atoms with van der Waals surface area (Å²) in [4.78, 5) is 14.5. The summed E-state index contributed by atoms with van der Waals surface area (Å²) < 4.78 is 5.78. The molecule has 0 bridgehead atoms. The number of hydrogen-bond donors (Lipinski definition) is 2. The summed E-state index contributed by atoms with van der Waals surface area (Å²) in [7, 11) is 0. The second-order valence-electron chi connectivity index (χ2n) is 7.86. The Morgan fingerprint density at radius 3 is 2.36 bits per heavy atom. The van der Waals surface area contributed by atoms with E-state index in [0.29, 0.717) is 6.54 Å². The lowest BCUT2D eigenvalue weighted by atomic mass is 9.96. The summed E-state index contributed by atoms with van der Waals surface area (Å²) in [6, 6.07) is 0. The van der Waals surface area contributed by atoms with Crippen LogP contribution in [0, 0.1) is 0 Å². The molecule has 2 rings (SSSR count). The van der Waals surface area contributed by atoms with Crippen molar-refractivity contribution in [3.8, 4) is 0 Å². The molecule has 1 amide bonds. The molecule has 0 spiro atoms. The Morgan fingerprint density at radius 1 is 1.27 bits per heavy atom. The van der Waals surface area contributed by atoms with E-state index in [2.05, 4.69) is 37.9 Å². The van der Waals surface area contributed by atoms with Crippen molar-refractivity contribution in [3.05, 3.63) is 0 Å². The van der Waals surface area contributed by atoms with Crippen LogP contribution in [0.2, 0.25) is 0 Å². The summed E-state index contributed by atoms with van der Waals surface area (Å²) in [5.41, 5.74) is -0.878. The highest BCUT2D eigenvalue weighted by atomic mass is 16.5. The Bertz CT molecular complexity index is 381. The van der Waals surface area contributed by atoms with Crippen LogP contribution in [-0.2, 0) is 9.53 Å². The fraction of sp³-hybridized carbons (Fsp3) is 0.941. The van der Waals surface area contributed by atoms with Gasteiger partial charge in [0, 0.05) is 25.2 Å². The van der Waals surface area contributed by atoms with Crippen molar-refractivity contribution < 1.29 is 14.6 Å². The SMILES string of the molecule is CC1CN(C(C)(C)CNC(=O)CC2(O)CCCC2)CC(C)O1. The highest BCUT2D eigenvalue weighted by Gasteiger charge is 2.36. The van der Waals surface area contributed by atoms with Crippen molar-refractivity contribution in [3.63, 3.8) is 0 Å². The van der Waals surface area contributed by atoms with Crippen LogP contribution in [-0.4, -0.2) is 58.9 Å². The number of nitrogens with zero attached hydrogens (tertiary/aromatic N) is 1. The molecule has 0 aromatic rings. The summed E-state index contributed by atoms with van der Waals surface area (Å²) >= 11 is 0. The molecule has 2 N–H and O–H groups in total. The minimum absolute atomic E-state index is 0.0353. The summed E-state index contributed by atoms with van der Waals surface area (Å²) in [6.07, 6.45) is 4.23. The molecular formula is C17H32N2O3. The third-order valence-corrected chi connectivity index (χ3v) is 5.02. The number of ether oxygens (including phenoxy) is 1. The molecule has 1 aliphatic heterocycles. The van der Waals surface area contributed by atoms with Crippen LogP contribution < -0.4 is 5.32 Å². The number of nitrogens with one attached hydrogen (secondary N) is 1. The van der Waals surface area contributed by atoms with E-state index < -0.39 is 5.60 Å². The van der Waals surface area contributed by atoms with Gasteiger partial charge in [-0.3, -0.25) is 9.69 Å². The zero-order chi connectivity index (χ0) is 16.4. The summed E-state index contributed by atoms with van der Waals surface area (Å²) in [6.45, 7) is 10.9. The van der Waals surface area contributed by atoms with Crippen LogP contribution in [0.25, 0.3) is 0 Å². The second kappa shape index (κ2) is 6.85. The van der Waals surface area contributed by atoms with E-state index in [0.717, 1.165) is 38.8 Å². The normalized spacial score (nSPS) is 29.5. The molecule has 22 heavy (non-hydrogen) atoms. The fourth-order valence-corrected chi connectivity index (χ4v) is 3.67. The van der Waals surface area contributed by atoms with Gasteiger partial charge >= 0.3 is 0 Å². The highest BCUT2D eigenvalue weighted by molar-refractivity contribution is 5.77. The van der Waals surface area contributed by atoms with Crippen molar-refractivity contribution in [2.45, 2.75) is 83.1 Å². The van der Waals surface area contributed by atoms with Gasteiger partial charge in [0.25, 0.3) is 0 Å². The van der Waals surface area contributed by atoms with Gasteiger partial charge < -0.3 is 15.2 Å². The molecule has 5 heteroatoms. The van der Waals surface area contributed by atoms with Crippen molar-refractivity contribution in [1.29, 1.82) is 0 Å². The lowest BCUT2D eigenvalue weighted by Crippen LogP contribution is -2.58. The number of carbonyl (C=O) groups excluding carboxylic acids is 1. The van der Waals surface area contributed by atoms with Gasteiger partial charge in [0.05, 0.1) is 24.2 Å². The van der Waals surface area contributed by atoms with Crippen LogP contribution in [0.5, 0.6) is 0 Å². The predicted molar refractivity (Wildman–Crippen MR) is 86.7 cm³/mol. The molecule has 0 aromatic carbocycles. The topological polar surface area (TPSA) is 61.8 Å². The third-order valence-electron chi connectivity index (χ3n) is 5.02.